The van der Waals surface area contributed by atoms with E-state index >= 15 is 0 Å². The average Bonchev–Trinajstić information content (AvgIpc) is 3.29. The van der Waals surface area contributed by atoms with Gasteiger partial charge in [-0.2, -0.15) is 0 Å². The molecule has 0 spiro atoms. The molecule has 0 bridgehead atoms. The van der Waals surface area contributed by atoms with E-state index in [9.17, 15) is 0 Å². The first-order chi connectivity index (χ1) is 20.6. The molecule has 8 atom stereocenters. The van der Waals surface area contributed by atoms with Crippen molar-refractivity contribution in [1.29, 1.82) is 0 Å². The molecule has 238 valence electrons. The molecule has 4 rings (SSSR count). The van der Waals surface area contributed by atoms with Gasteiger partial charge in [0.25, 0.3) is 0 Å². The summed E-state index contributed by atoms with van der Waals surface area (Å²) in [5.41, 5.74) is 0. The lowest BCUT2D eigenvalue weighted by Gasteiger charge is -2.40. The topological polar surface area (TPSA) is 55.4 Å². The van der Waals surface area contributed by atoms with Gasteiger partial charge in [0, 0.05) is 25.6 Å². The van der Waals surface area contributed by atoms with Crippen LogP contribution in [0, 0.1) is 36.0 Å². The molecule has 1 aromatic rings. The van der Waals surface area contributed by atoms with Gasteiger partial charge in [0.15, 0.2) is 27.0 Å². The minimum atomic E-state index is -2.07. The van der Waals surface area contributed by atoms with Crippen LogP contribution in [0.25, 0.3) is 0 Å². The molecule has 43 heavy (non-hydrogen) atoms. The fraction of sp³-hybridized carbons (Fsp3) is 0.714. The van der Waals surface area contributed by atoms with Crippen LogP contribution in [-0.2, 0) is 23.4 Å². The van der Waals surface area contributed by atoms with E-state index in [4.69, 9.17) is 34.5 Å². The maximum atomic E-state index is 7.09. The number of hydrogen-bond donors (Lipinski definition) is 0. The number of benzene rings is 1. The number of rotatable bonds is 11. The molecule has 0 amide bonds. The first kappa shape index (κ1) is 34.5. The van der Waals surface area contributed by atoms with Gasteiger partial charge in [-0.15, -0.1) is 6.42 Å². The van der Waals surface area contributed by atoms with E-state index < -0.39 is 14.4 Å². The molecule has 0 aromatic heterocycles. The summed E-state index contributed by atoms with van der Waals surface area (Å²) in [6.07, 6.45) is 12.4. The molecule has 3 fully saturated rings. The number of alkyl halides is 1. The molecule has 2 aliphatic heterocycles. The van der Waals surface area contributed by atoms with Gasteiger partial charge in [0.2, 0.25) is 0 Å². The molecule has 1 aliphatic carbocycles. The van der Waals surface area contributed by atoms with Crippen molar-refractivity contribution in [2.45, 2.75) is 126 Å². The number of hydrogen-bond acceptors (Lipinski definition) is 6. The monoisotopic (exact) mass is 674 g/mol. The minimum Gasteiger partial charge on any atom is -0.490 e. The Bertz CT molecular complexity index is 1080. The lowest BCUT2D eigenvalue weighted by atomic mass is 9.89. The van der Waals surface area contributed by atoms with Crippen LogP contribution in [0.4, 0.5) is 0 Å². The fourth-order valence-corrected chi connectivity index (χ4v) is 7.51. The van der Waals surface area contributed by atoms with Crippen molar-refractivity contribution in [3.05, 3.63) is 30.3 Å². The van der Waals surface area contributed by atoms with Gasteiger partial charge >= 0.3 is 0 Å². The van der Waals surface area contributed by atoms with E-state index in [1.165, 1.54) is 0 Å². The molecule has 0 N–H and O–H groups in total. The quantitative estimate of drug-likeness (QED) is 0.136. The summed E-state index contributed by atoms with van der Waals surface area (Å²) in [5, 5.41) is 0.0811. The van der Waals surface area contributed by atoms with Crippen molar-refractivity contribution < 1.29 is 28.1 Å². The first-order valence-corrected chi connectivity index (χ1v) is 19.9. The van der Waals surface area contributed by atoms with E-state index in [1.807, 2.05) is 30.3 Å². The lowest BCUT2D eigenvalue weighted by Crippen LogP contribution is -2.45. The molecule has 2 unspecified atom stereocenters. The molecule has 1 saturated carbocycles. The molecule has 8 heteroatoms. The third kappa shape index (κ3) is 10.3. The van der Waals surface area contributed by atoms with Gasteiger partial charge < -0.3 is 28.1 Å². The zero-order valence-corrected chi connectivity index (χ0v) is 29.3. The molecule has 0 radical (unpaired) electrons. The van der Waals surface area contributed by atoms with Crippen LogP contribution in [0.2, 0.25) is 18.1 Å². The third-order valence-corrected chi connectivity index (χ3v) is 14.3. The van der Waals surface area contributed by atoms with E-state index in [-0.39, 0.29) is 46.5 Å². The highest BCUT2D eigenvalue weighted by atomic mass is 79.9. The maximum Gasteiger partial charge on any atom is 0.192 e. The summed E-state index contributed by atoms with van der Waals surface area (Å²) in [4.78, 5) is -0.0823. The van der Waals surface area contributed by atoms with E-state index in [0.717, 1.165) is 63.7 Å². The number of terminal acetylenes is 1. The Balaban J connectivity index is 1.62. The number of halogens is 1. The highest BCUT2D eigenvalue weighted by Crippen LogP contribution is 2.45. The normalized spacial score (nSPS) is 29.6. The standard InChI is InChI=1S/C35H51BrO6Si/c1-7-26(36)23-30-29(20-19-28(40-33-17-11-13-21-37-33)25-39-27-15-9-8-10-16-27)31(41-34-18-12-14-22-38-34)24-32(30)42-43(5,6)35(2,3)4/h1,8-10,15-16,26,28-34H,11-14,17-18,21-25H2,2-6H3/t26-,28+,29-,30-,31-,32+,33?,34?/m1/s1. The van der Waals surface area contributed by atoms with E-state index in [1.54, 1.807) is 0 Å². The third-order valence-electron chi connectivity index (χ3n) is 9.19. The minimum absolute atomic E-state index is 0.0104. The zero-order chi connectivity index (χ0) is 30.9. The van der Waals surface area contributed by atoms with Crippen molar-refractivity contribution in [3.63, 3.8) is 0 Å². The van der Waals surface area contributed by atoms with Crippen LogP contribution in [0.3, 0.4) is 0 Å². The summed E-state index contributed by atoms with van der Waals surface area (Å²) < 4.78 is 38.2. The van der Waals surface area contributed by atoms with Gasteiger partial charge in [-0.25, -0.2) is 0 Å². The van der Waals surface area contributed by atoms with E-state index in [0.29, 0.717) is 13.2 Å². The molecule has 6 nitrogen and oxygen atoms in total. The van der Waals surface area contributed by atoms with Crippen LogP contribution in [0.1, 0.15) is 72.1 Å². The zero-order valence-electron chi connectivity index (χ0n) is 26.7. The molecule has 2 heterocycles. The first-order valence-electron chi connectivity index (χ1n) is 16.1. The summed E-state index contributed by atoms with van der Waals surface area (Å²) in [7, 11) is -2.07. The Morgan fingerprint density at radius 3 is 2.28 bits per heavy atom. The second-order valence-electron chi connectivity index (χ2n) is 13.5. The van der Waals surface area contributed by atoms with Gasteiger partial charge in [-0.3, -0.25) is 0 Å². The summed E-state index contributed by atoms with van der Waals surface area (Å²) >= 11 is 3.72. The summed E-state index contributed by atoms with van der Waals surface area (Å²) in [5.74, 6) is 10.8. The Morgan fingerprint density at radius 1 is 1.00 bits per heavy atom. The largest absolute Gasteiger partial charge is 0.490 e. The highest BCUT2D eigenvalue weighted by molar-refractivity contribution is 9.09. The Kier molecular flexibility index (Phi) is 13.1. The molecule has 1 aromatic carbocycles. The number of para-hydroxylation sites is 1. The molecular weight excluding hydrogens is 624 g/mol. The molecule has 3 aliphatic rings. The van der Waals surface area contributed by atoms with Crippen LogP contribution >= 0.6 is 15.9 Å². The predicted octanol–water partition coefficient (Wildman–Crippen LogP) is 7.71. The van der Waals surface area contributed by atoms with Gasteiger partial charge in [-0.05, 0) is 75.2 Å². The second-order valence-corrected chi connectivity index (χ2v) is 19.4. The van der Waals surface area contributed by atoms with Gasteiger partial charge in [-0.1, -0.05) is 72.7 Å². The number of ether oxygens (including phenoxy) is 5. The Morgan fingerprint density at radius 2 is 1.67 bits per heavy atom. The van der Waals surface area contributed by atoms with E-state index in [2.05, 4.69) is 67.6 Å². The van der Waals surface area contributed by atoms with Crippen LogP contribution in [0.5, 0.6) is 5.75 Å². The SMILES string of the molecule is C#C[C@@H](Br)C[C@@H]1[C@@H](C#C[C@@H](COc2ccccc2)OC2CCCCO2)[C@H](OC2CCCCO2)C[C@@H]1O[Si](C)(C)C(C)(C)C. The van der Waals surface area contributed by atoms with Crippen molar-refractivity contribution in [1.82, 2.24) is 0 Å². The smallest absolute Gasteiger partial charge is 0.192 e. The average molecular weight is 676 g/mol. The Hall–Kier alpha value is -1.36. The lowest BCUT2D eigenvalue weighted by molar-refractivity contribution is -0.192. The summed E-state index contributed by atoms with van der Waals surface area (Å²) in [6.45, 7) is 13.2. The summed E-state index contributed by atoms with van der Waals surface area (Å²) in [6, 6.07) is 9.79. The Labute approximate surface area is 269 Å². The molecular formula is C35H51BrO6Si. The van der Waals surface area contributed by atoms with Crippen molar-refractivity contribution in [3.8, 4) is 29.9 Å². The van der Waals surface area contributed by atoms with Crippen LogP contribution in [0.15, 0.2) is 30.3 Å². The fourth-order valence-electron chi connectivity index (χ4n) is 5.70. The van der Waals surface area contributed by atoms with Crippen LogP contribution in [-0.4, -0.2) is 63.9 Å². The maximum absolute atomic E-state index is 7.09. The predicted molar refractivity (Wildman–Crippen MR) is 176 cm³/mol. The highest BCUT2D eigenvalue weighted by Gasteiger charge is 2.49. The van der Waals surface area contributed by atoms with Gasteiger partial charge in [0.1, 0.15) is 12.4 Å². The van der Waals surface area contributed by atoms with Gasteiger partial charge in [0.05, 0.1) is 23.0 Å². The van der Waals surface area contributed by atoms with Crippen molar-refractivity contribution in [2.24, 2.45) is 11.8 Å². The van der Waals surface area contributed by atoms with Crippen molar-refractivity contribution >= 4 is 24.2 Å². The second kappa shape index (κ2) is 16.3. The van der Waals surface area contributed by atoms with Crippen molar-refractivity contribution in [2.75, 3.05) is 19.8 Å². The molecule has 2 saturated heterocycles. The van der Waals surface area contributed by atoms with Crippen LogP contribution < -0.4 is 4.74 Å².